The van der Waals surface area contributed by atoms with Gasteiger partial charge in [0.2, 0.25) is 0 Å². The minimum atomic E-state index is 0.207. The third-order valence-corrected chi connectivity index (χ3v) is 3.78. The molecule has 0 saturated carbocycles. The molecule has 0 bridgehead atoms. The minimum Gasteiger partial charge on any atom is -0.256 e. The molecule has 2 rings (SSSR count). The lowest BCUT2D eigenvalue weighted by Gasteiger charge is -2.22. The summed E-state index contributed by atoms with van der Waals surface area (Å²) in [6, 6.07) is 12.8. The van der Waals surface area contributed by atoms with Crippen LogP contribution in [0.4, 0.5) is 0 Å². The summed E-state index contributed by atoms with van der Waals surface area (Å²) in [5.41, 5.74) is 5.02. The van der Waals surface area contributed by atoms with Crippen molar-refractivity contribution in [2.24, 2.45) is 0 Å². The molecule has 0 amide bonds. The molecule has 94 valence electrons. The standard InChI is InChI=1S/C17H21N/c1-5-17(3,4)15-10-11-16(18-12-15)14-8-6-13(2)7-9-14/h6-12H,5H2,1-4H3. The highest BCUT2D eigenvalue weighted by Crippen LogP contribution is 2.27. The molecule has 0 radical (unpaired) electrons. The molecule has 2 aromatic rings. The van der Waals surface area contributed by atoms with Crippen LogP contribution >= 0.6 is 0 Å². The second-order valence-corrected chi connectivity index (χ2v) is 5.54. The Morgan fingerprint density at radius 2 is 1.67 bits per heavy atom. The van der Waals surface area contributed by atoms with Gasteiger partial charge in [0.15, 0.2) is 0 Å². The van der Waals surface area contributed by atoms with Gasteiger partial charge in [-0.15, -0.1) is 0 Å². The van der Waals surface area contributed by atoms with Crippen molar-refractivity contribution in [3.8, 4) is 11.3 Å². The van der Waals surface area contributed by atoms with Crippen LogP contribution in [0.3, 0.4) is 0 Å². The van der Waals surface area contributed by atoms with Gasteiger partial charge in [0.1, 0.15) is 0 Å². The van der Waals surface area contributed by atoms with Crippen molar-refractivity contribution in [3.63, 3.8) is 0 Å². The van der Waals surface area contributed by atoms with E-state index in [4.69, 9.17) is 0 Å². The summed E-state index contributed by atoms with van der Waals surface area (Å²) in [4.78, 5) is 4.59. The third kappa shape index (κ3) is 2.61. The zero-order chi connectivity index (χ0) is 13.2. The molecule has 0 aliphatic carbocycles. The van der Waals surface area contributed by atoms with Gasteiger partial charge in [-0.25, -0.2) is 0 Å². The molecule has 0 aliphatic rings. The molecule has 1 heteroatoms. The fraction of sp³-hybridized carbons (Fsp3) is 0.353. The van der Waals surface area contributed by atoms with Crippen LogP contribution in [0.1, 0.15) is 38.3 Å². The number of hydrogen-bond donors (Lipinski definition) is 0. The van der Waals surface area contributed by atoms with Gasteiger partial charge in [0, 0.05) is 11.8 Å². The lowest BCUT2D eigenvalue weighted by molar-refractivity contribution is 0.504. The van der Waals surface area contributed by atoms with Crippen molar-refractivity contribution in [1.82, 2.24) is 4.98 Å². The molecular weight excluding hydrogens is 218 g/mol. The Bertz CT molecular complexity index is 506. The number of pyridine rings is 1. The molecular formula is C17H21N. The number of aromatic nitrogens is 1. The molecule has 0 aliphatic heterocycles. The van der Waals surface area contributed by atoms with Crippen LogP contribution in [-0.4, -0.2) is 4.98 Å². The maximum Gasteiger partial charge on any atom is 0.0702 e. The Morgan fingerprint density at radius 3 is 2.17 bits per heavy atom. The van der Waals surface area contributed by atoms with Gasteiger partial charge in [0.25, 0.3) is 0 Å². The van der Waals surface area contributed by atoms with Gasteiger partial charge in [-0.3, -0.25) is 4.98 Å². The van der Waals surface area contributed by atoms with E-state index in [2.05, 4.69) is 69.1 Å². The normalized spacial score (nSPS) is 11.6. The number of aryl methyl sites for hydroxylation is 1. The molecule has 0 unspecified atom stereocenters. The monoisotopic (exact) mass is 239 g/mol. The molecule has 0 N–H and O–H groups in total. The van der Waals surface area contributed by atoms with Crippen LogP contribution in [0.2, 0.25) is 0 Å². The predicted molar refractivity (Wildman–Crippen MR) is 77.7 cm³/mol. The molecule has 1 heterocycles. The summed E-state index contributed by atoms with van der Waals surface area (Å²) in [7, 11) is 0. The minimum absolute atomic E-state index is 0.207. The molecule has 0 atom stereocenters. The number of rotatable bonds is 3. The molecule has 0 spiro atoms. The Balaban J connectivity index is 2.30. The number of benzene rings is 1. The summed E-state index contributed by atoms with van der Waals surface area (Å²) >= 11 is 0. The summed E-state index contributed by atoms with van der Waals surface area (Å²) in [5.74, 6) is 0. The maximum atomic E-state index is 4.59. The fourth-order valence-electron chi connectivity index (χ4n) is 1.89. The zero-order valence-electron chi connectivity index (χ0n) is 11.7. The Kier molecular flexibility index (Phi) is 3.51. The van der Waals surface area contributed by atoms with Crippen LogP contribution in [0.25, 0.3) is 11.3 Å². The highest BCUT2D eigenvalue weighted by Gasteiger charge is 2.18. The van der Waals surface area contributed by atoms with E-state index in [1.54, 1.807) is 0 Å². The quantitative estimate of drug-likeness (QED) is 0.753. The van der Waals surface area contributed by atoms with Gasteiger partial charge in [-0.05, 0) is 30.4 Å². The van der Waals surface area contributed by atoms with Crippen LogP contribution < -0.4 is 0 Å². The Hall–Kier alpha value is -1.63. The first-order valence-corrected chi connectivity index (χ1v) is 6.56. The van der Waals surface area contributed by atoms with E-state index >= 15 is 0 Å². The summed E-state index contributed by atoms with van der Waals surface area (Å²) < 4.78 is 0. The van der Waals surface area contributed by atoms with Crippen molar-refractivity contribution >= 4 is 0 Å². The van der Waals surface area contributed by atoms with Gasteiger partial charge in [0.05, 0.1) is 5.69 Å². The van der Waals surface area contributed by atoms with Crippen molar-refractivity contribution < 1.29 is 0 Å². The SMILES string of the molecule is CCC(C)(C)c1ccc(-c2ccc(C)cc2)nc1. The van der Waals surface area contributed by atoms with Crippen molar-refractivity contribution in [3.05, 3.63) is 53.7 Å². The second-order valence-electron chi connectivity index (χ2n) is 5.54. The van der Waals surface area contributed by atoms with Gasteiger partial charge in [-0.1, -0.05) is 56.7 Å². The van der Waals surface area contributed by atoms with E-state index < -0.39 is 0 Å². The molecule has 1 nitrogen and oxygen atoms in total. The van der Waals surface area contributed by atoms with Crippen LogP contribution in [0.15, 0.2) is 42.6 Å². The number of hydrogen-bond acceptors (Lipinski definition) is 1. The average molecular weight is 239 g/mol. The first kappa shape index (κ1) is 12.8. The first-order chi connectivity index (χ1) is 8.53. The predicted octanol–water partition coefficient (Wildman–Crippen LogP) is 4.74. The largest absolute Gasteiger partial charge is 0.256 e. The lowest BCUT2D eigenvalue weighted by atomic mass is 9.83. The van der Waals surface area contributed by atoms with E-state index in [1.807, 2.05) is 6.20 Å². The van der Waals surface area contributed by atoms with E-state index in [9.17, 15) is 0 Å². The van der Waals surface area contributed by atoms with Crippen LogP contribution in [0.5, 0.6) is 0 Å². The van der Waals surface area contributed by atoms with Crippen LogP contribution in [-0.2, 0) is 5.41 Å². The van der Waals surface area contributed by atoms with E-state index in [-0.39, 0.29) is 5.41 Å². The van der Waals surface area contributed by atoms with Gasteiger partial charge < -0.3 is 0 Å². The molecule has 18 heavy (non-hydrogen) atoms. The smallest absolute Gasteiger partial charge is 0.0702 e. The summed E-state index contributed by atoms with van der Waals surface area (Å²) in [6.45, 7) is 8.84. The van der Waals surface area contributed by atoms with E-state index in [1.165, 1.54) is 16.7 Å². The molecule has 0 saturated heterocycles. The van der Waals surface area contributed by atoms with Crippen molar-refractivity contribution in [1.29, 1.82) is 0 Å². The van der Waals surface area contributed by atoms with Gasteiger partial charge >= 0.3 is 0 Å². The summed E-state index contributed by atoms with van der Waals surface area (Å²) in [6.07, 6.45) is 3.14. The molecule has 1 aromatic carbocycles. The highest BCUT2D eigenvalue weighted by molar-refractivity contribution is 5.59. The van der Waals surface area contributed by atoms with Crippen LogP contribution in [0, 0.1) is 6.92 Å². The fourth-order valence-corrected chi connectivity index (χ4v) is 1.89. The molecule has 0 fully saturated rings. The van der Waals surface area contributed by atoms with Crippen molar-refractivity contribution in [2.75, 3.05) is 0 Å². The maximum absolute atomic E-state index is 4.59. The lowest BCUT2D eigenvalue weighted by Crippen LogP contribution is -2.15. The molecule has 1 aromatic heterocycles. The third-order valence-electron chi connectivity index (χ3n) is 3.78. The average Bonchev–Trinajstić information content (AvgIpc) is 2.40. The summed E-state index contributed by atoms with van der Waals surface area (Å²) in [5, 5.41) is 0. The zero-order valence-corrected chi connectivity index (χ0v) is 11.7. The number of nitrogens with zero attached hydrogens (tertiary/aromatic N) is 1. The Morgan fingerprint density at radius 1 is 1.00 bits per heavy atom. The topological polar surface area (TPSA) is 12.9 Å². The van der Waals surface area contributed by atoms with E-state index in [0.29, 0.717) is 0 Å². The highest BCUT2D eigenvalue weighted by atomic mass is 14.7. The van der Waals surface area contributed by atoms with Gasteiger partial charge in [-0.2, -0.15) is 0 Å². The first-order valence-electron chi connectivity index (χ1n) is 6.56. The Labute approximate surface area is 110 Å². The van der Waals surface area contributed by atoms with Crippen molar-refractivity contribution in [2.45, 2.75) is 39.5 Å². The van der Waals surface area contributed by atoms with E-state index in [0.717, 1.165) is 12.1 Å². The second kappa shape index (κ2) is 4.93.